The summed E-state index contributed by atoms with van der Waals surface area (Å²) in [6.07, 6.45) is 82.0. The summed E-state index contributed by atoms with van der Waals surface area (Å²) >= 11 is 0. The lowest BCUT2D eigenvalue weighted by atomic mass is 10.0. The first kappa shape index (κ1) is 71.9. The SMILES string of the molecule is CC/C=C\C/C=C\C/C=C\C/C=C\C/C=C\C/C=C\C/C=C\CCCCCCCCCCCCCC(=O)OC(COC(=O)CC/C=C\C/C=C\C/C=C\C/C=C\C/C=C\C/C=C\CC)COC(OCC[N+](C)(C)C)C(=O)O. The van der Waals surface area contributed by atoms with Gasteiger partial charge in [-0.1, -0.05) is 230 Å². The fourth-order valence-corrected chi connectivity index (χ4v) is 7.31. The molecular weight excluding hydrogens is 959 g/mol. The van der Waals surface area contributed by atoms with Crippen molar-refractivity contribution in [3.8, 4) is 0 Å². The van der Waals surface area contributed by atoms with E-state index in [1.807, 2.05) is 33.3 Å². The maximum absolute atomic E-state index is 12.9. The highest BCUT2D eigenvalue weighted by Crippen LogP contribution is 2.14. The topological polar surface area (TPSA) is 108 Å². The number of rotatable bonds is 52. The Kier molecular flexibility index (Phi) is 53.3. The molecule has 1 N–H and O–H groups in total. The van der Waals surface area contributed by atoms with Crippen molar-refractivity contribution in [1.29, 1.82) is 0 Å². The predicted molar refractivity (Wildman–Crippen MR) is 327 cm³/mol. The summed E-state index contributed by atoms with van der Waals surface area (Å²) in [6.45, 7) is 4.53. The number of carboxylic acid groups (broad SMARTS) is 1. The molecule has 9 heteroatoms. The maximum Gasteiger partial charge on any atom is 0.361 e. The summed E-state index contributed by atoms with van der Waals surface area (Å²) in [5, 5.41) is 9.70. The molecule has 0 saturated heterocycles. The number of aliphatic carboxylic acids is 1. The Labute approximate surface area is 470 Å². The van der Waals surface area contributed by atoms with E-state index in [0.717, 1.165) is 109 Å². The number of nitrogens with zero attached hydrogens (tertiary/aromatic N) is 1. The molecule has 0 radical (unpaired) electrons. The monoisotopic (exact) mass is 1070 g/mol. The Bertz CT molecular complexity index is 1810. The van der Waals surface area contributed by atoms with E-state index in [4.69, 9.17) is 18.9 Å². The average molecular weight is 1070 g/mol. The number of likely N-dealkylation sites (N-methyl/N-ethyl adjacent to an activating group) is 1. The number of quaternary nitrogens is 1. The number of esters is 2. The molecule has 9 nitrogen and oxygen atoms in total. The third-order valence-electron chi connectivity index (χ3n) is 11.8. The van der Waals surface area contributed by atoms with Crippen LogP contribution >= 0.6 is 0 Å². The standard InChI is InChI=1S/C68H107NO8/c1-6-8-10-12-14-16-18-20-22-24-26-27-28-29-30-31-32-33-34-35-36-37-38-39-41-43-45-47-49-51-53-55-57-59-66(71)77-64(63-76-68(67(72)73)74-61-60-69(3,4)5)62-75-65(70)58-56-54-52-50-48-46-44-42-40-25-23-21-19-17-15-13-11-9-7-2/h8-11,14-17,20-23,26-27,29-30,32-33,35-36,40,42,46,48,52,54,64,68H,6-7,12-13,18-19,24-25,28,31,34,37-39,41,43-45,47,49-51,53,55-63H2,1-5H3/p+1/b10-8-,11-9-,16-14-,17-15-,22-20-,23-21-,27-26-,30-29-,33-32-,36-35-,42-40-,48-46-,54-52-. The number of hydrogen-bond acceptors (Lipinski definition) is 7. The Morgan fingerprint density at radius 1 is 0.390 bits per heavy atom. The molecule has 0 bridgehead atoms. The number of unbranched alkanes of at least 4 members (excludes halogenated alkanes) is 11. The van der Waals surface area contributed by atoms with Crippen molar-refractivity contribution in [3.63, 3.8) is 0 Å². The van der Waals surface area contributed by atoms with Crippen LogP contribution in [0.4, 0.5) is 0 Å². The first-order valence-electron chi connectivity index (χ1n) is 29.6. The summed E-state index contributed by atoms with van der Waals surface area (Å²) in [7, 11) is 5.93. The molecule has 0 rings (SSSR count). The molecule has 0 aromatic carbocycles. The third kappa shape index (κ3) is 58.4. The van der Waals surface area contributed by atoms with Crippen LogP contribution in [0.1, 0.15) is 194 Å². The highest BCUT2D eigenvalue weighted by Gasteiger charge is 2.25. The van der Waals surface area contributed by atoms with Gasteiger partial charge in [0.05, 0.1) is 34.4 Å². The second-order valence-electron chi connectivity index (χ2n) is 20.2. The van der Waals surface area contributed by atoms with Crippen molar-refractivity contribution in [1.82, 2.24) is 0 Å². The second kappa shape index (κ2) is 57.1. The molecular formula is C68H108NO8+. The van der Waals surface area contributed by atoms with E-state index in [2.05, 4.69) is 160 Å². The molecule has 0 aromatic rings. The number of carbonyl (C=O) groups excluding carboxylic acids is 2. The minimum absolute atomic E-state index is 0.167. The zero-order chi connectivity index (χ0) is 56.2. The van der Waals surface area contributed by atoms with E-state index < -0.39 is 30.3 Å². The third-order valence-corrected chi connectivity index (χ3v) is 11.8. The number of hydrogen-bond donors (Lipinski definition) is 1. The molecule has 0 saturated carbocycles. The number of carboxylic acids is 1. The highest BCUT2D eigenvalue weighted by molar-refractivity contribution is 5.71. The fourth-order valence-electron chi connectivity index (χ4n) is 7.31. The van der Waals surface area contributed by atoms with Crippen molar-refractivity contribution < 1.29 is 42.9 Å². The zero-order valence-corrected chi connectivity index (χ0v) is 49.0. The van der Waals surface area contributed by atoms with Gasteiger partial charge in [-0.2, -0.15) is 0 Å². The number of carbonyl (C=O) groups is 3. The van der Waals surface area contributed by atoms with E-state index >= 15 is 0 Å². The lowest BCUT2D eigenvalue weighted by molar-refractivity contribution is -0.870. The van der Waals surface area contributed by atoms with Crippen LogP contribution in [0.3, 0.4) is 0 Å². The van der Waals surface area contributed by atoms with Crippen molar-refractivity contribution >= 4 is 17.9 Å². The molecule has 2 unspecified atom stereocenters. The van der Waals surface area contributed by atoms with Gasteiger partial charge in [0.15, 0.2) is 6.10 Å². The van der Waals surface area contributed by atoms with Gasteiger partial charge in [-0.25, -0.2) is 4.79 Å². The smallest absolute Gasteiger partial charge is 0.361 e. The van der Waals surface area contributed by atoms with Crippen LogP contribution in [0.25, 0.3) is 0 Å². The van der Waals surface area contributed by atoms with Gasteiger partial charge in [-0.15, -0.1) is 0 Å². The van der Waals surface area contributed by atoms with E-state index in [0.29, 0.717) is 23.9 Å². The van der Waals surface area contributed by atoms with Crippen molar-refractivity contribution in [2.45, 2.75) is 206 Å². The molecule has 0 spiro atoms. The van der Waals surface area contributed by atoms with Gasteiger partial charge in [0.1, 0.15) is 13.2 Å². The Balaban J connectivity index is 4.31. The molecule has 0 heterocycles. The Hall–Kier alpha value is -5.09. The first-order chi connectivity index (χ1) is 37.6. The van der Waals surface area contributed by atoms with Crippen LogP contribution in [0.5, 0.6) is 0 Å². The molecule has 0 aliphatic heterocycles. The molecule has 0 aliphatic carbocycles. The lowest BCUT2D eigenvalue weighted by Gasteiger charge is -2.25. The largest absolute Gasteiger partial charge is 0.477 e. The number of allylic oxidation sites excluding steroid dienone is 26. The fraction of sp³-hybridized carbons (Fsp3) is 0.574. The molecule has 0 fully saturated rings. The van der Waals surface area contributed by atoms with Crippen molar-refractivity contribution in [2.75, 3.05) is 47.5 Å². The van der Waals surface area contributed by atoms with Gasteiger partial charge in [-0.3, -0.25) is 9.59 Å². The molecule has 77 heavy (non-hydrogen) atoms. The van der Waals surface area contributed by atoms with Gasteiger partial charge in [0, 0.05) is 12.8 Å². The van der Waals surface area contributed by atoms with Gasteiger partial charge < -0.3 is 28.5 Å². The van der Waals surface area contributed by atoms with E-state index in [-0.39, 0.29) is 32.7 Å². The molecule has 2 atom stereocenters. The Morgan fingerprint density at radius 2 is 0.727 bits per heavy atom. The first-order valence-corrected chi connectivity index (χ1v) is 29.6. The molecule has 0 aliphatic rings. The molecule has 0 amide bonds. The quantitative estimate of drug-likeness (QED) is 0.0211. The van der Waals surface area contributed by atoms with Crippen LogP contribution in [0.15, 0.2) is 158 Å². The zero-order valence-electron chi connectivity index (χ0n) is 49.0. The summed E-state index contributed by atoms with van der Waals surface area (Å²) in [4.78, 5) is 37.4. The summed E-state index contributed by atoms with van der Waals surface area (Å²) in [5.41, 5.74) is 0. The van der Waals surface area contributed by atoms with E-state index in [9.17, 15) is 19.5 Å². The van der Waals surface area contributed by atoms with Crippen molar-refractivity contribution in [2.24, 2.45) is 0 Å². The van der Waals surface area contributed by atoms with Crippen molar-refractivity contribution in [3.05, 3.63) is 158 Å². The van der Waals surface area contributed by atoms with Gasteiger partial charge in [0.2, 0.25) is 0 Å². The van der Waals surface area contributed by atoms with Crippen LogP contribution in [-0.4, -0.2) is 87.4 Å². The predicted octanol–water partition coefficient (Wildman–Crippen LogP) is 17.8. The lowest BCUT2D eigenvalue weighted by Crippen LogP contribution is -2.40. The minimum Gasteiger partial charge on any atom is -0.477 e. The second-order valence-corrected chi connectivity index (χ2v) is 20.2. The normalized spacial score (nSPS) is 13.9. The summed E-state index contributed by atoms with van der Waals surface area (Å²) in [6, 6.07) is 0. The van der Waals surface area contributed by atoms with Crippen LogP contribution in [0, 0.1) is 0 Å². The maximum atomic E-state index is 12.9. The molecule has 432 valence electrons. The van der Waals surface area contributed by atoms with Crippen LogP contribution < -0.4 is 0 Å². The van der Waals surface area contributed by atoms with Gasteiger partial charge >= 0.3 is 17.9 Å². The number of ether oxygens (including phenoxy) is 4. The molecule has 0 aromatic heterocycles. The highest BCUT2D eigenvalue weighted by atomic mass is 16.7. The Morgan fingerprint density at radius 3 is 1.09 bits per heavy atom. The van der Waals surface area contributed by atoms with Gasteiger partial charge in [0.25, 0.3) is 6.29 Å². The van der Waals surface area contributed by atoms with Crippen LogP contribution in [-0.2, 0) is 33.3 Å². The van der Waals surface area contributed by atoms with E-state index in [1.54, 1.807) is 0 Å². The minimum atomic E-state index is -1.54. The summed E-state index contributed by atoms with van der Waals surface area (Å²) < 4.78 is 22.8. The van der Waals surface area contributed by atoms with E-state index in [1.165, 1.54) is 44.9 Å². The average Bonchev–Trinajstić information content (AvgIpc) is 3.40. The summed E-state index contributed by atoms with van der Waals surface area (Å²) in [5.74, 6) is -2.14. The van der Waals surface area contributed by atoms with Gasteiger partial charge in [-0.05, 0) is 109 Å². The van der Waals surface area contributed by atoms with Crippen LogP contribution in [0.2, 0.25) is 0 Å².